The molecule has 0 spiro atoms. The lowest BCUT2D eigenvalue weighted by molar-refractivity contribution is -0.0510. The summed E-state index contributed by atoms with van der Waals surface area (Å²) in [4.78, 5) is 12.0. The van der Waals surface area contributed by atoms with Gasteiger partial charge < -0.3 is 10.4 Å². The molecule has 0 radical (unpaired) electrons. The highest BCUT2D eigenvalue weighted by molar-refractivity contribution is 9.10. The van der Waals surface area contributed by atoms with Gasteiger partial charge in [-0.15, -0.1) is 6.42 Å². The monoisotopic (exact) mass is 325 g/mol. The molecule has 1 fully saturated rings. The number of aliphatic hydroxyl groups excluding tert-OH is 1. The molecule has 1 aromatic heterocycles. The van der Waals surface area contributed by atoms with Gasteiger partial charge in [0.15, 0.2) is 0 Å². The molecule has 2 atom stereocenters. The molecule has 19 heavy (non-hydrogen) atoms. The van der Waals surface area contributed by atoms with E-state index in [-0.39, 0.29) is 29.7 Å². The lowest BCUT2D eigenvalue weighted by atomic mass is 9.64. The SMILES string of the molecule is C#CCn1ncc(NC2CC(O)C2(C)C)c(Br)c1=O. The van der Waals surface area contributed by atoms with Gasteiger partial charge in [-0.1, -0.05) is 19.8 Å². The maximum absolute atomic E-state index is 12.0. The van der Waals surface area contributed by atoms with Gasteiger partial charge in [-0.3, -0.25) is 4.79 Å². The molecule has 5 nitrogen and oxygen atoms in total. The van der Waals surface area contributed by atoms with Gasteiger partial charge in [0.2, 0.25) is 0 Å². The molecule has 1 aliphatic carbocycles. The van der Waals surface area contributed by atoms with Gasteiger partial charge in [-0.2, -0.15) is 5.10 Å². The van der Waals surface area contributed by atoms with Crippen LogP contribution in [0.4, 0.5) is 5.69 Å². The third-order valence-corrected chi connectivity index (χ3v) is 4.54. The minimum Gasteiger partial charge on any atom is -0.392 e. The van der Waals surface area contributed by atoms with E-state index in [9.17, 15) is 9.90 Å². The molecule has 1 aliphatic rings. The number of nitrogens with one attached hydrogen (secondary N) is 1. The quantitative estimate of drug-likeness (QED) is 0.820. The topological polar surface area (TPSA) is 67.2 Å². The maximum atomic E-state index is 12.0. The fourth-order valence-electron chi connectivity index (χ4n) is 2.10. The molecular formula is C13H16BrN3O2. The van der Waals surface area contributed by atoms with Crippen LogP contribution in [0.1, 0.15) is 20.3 Å². The smallest absolute Gasteiger partial charge is 0.284 e. The van der Waals surface area contributed by atoms with Gasteiger partial charge >= 0.3 is 0 Å². The second-order valence-electron chi connectivity index (χ2n) is 5.31. The molecule has 2 unspecified atom stereocenters. The number of hydrogen-bond donors (Lipinski definition) is 2. The largest absolute Gasteiger partial charge is 0.392 e. The summed E-state index contributed by atoms with van der Waals surface area (Å²) in [7, 11) is 0. The van der Waals surface area contributed by atoms with E-state index in [0.717, 1.165) is 0 Å². The van der Waals surface area contributed by atoms with Crippen LogP contribution in [0.5, 0.6) is 0 Å². The molecule has 1 heterocycles. The van der Waals surface area contributed by atoms with Gasteiger partial charge in [0.1, 0.15) is 11.0 Å². The summed E-state index contributed by atoms with van der Waals surface area (Å²) in [5.74, 6) is 2.38. The first-order valence-electron chi connectivity index (χ1n) is 6.01. The van der Waals surface area contributed by atoms with E-state index in [4.69, 9.17) is 6.42 Å². The van der Waals surface area contributed by atoms with E-state index in [1.54, 1.807) is 6.20 Å². The molecule has 2 N–H and O–H groups in total. The zero-order valence-electron chi connectivity index (χ0n) is 10.9. The van der Waals surface area contributed by atoms with Crippen LogP contribution >= 0.6 is 15.9 Å². The first kappa shape index (κ1) is 14.1. The summed E-state index contributed by atoms with van der Waals surface area (Å²) < 4.78 is 1.63. The normalized spacial score (nSPS) is 24.4. The number of rotatable bonds is 3. The summed E-state index contributed by atoms with van der Waals surface area (Å²) in [5.41, 5.74) is 0.150. The number of halogens is 1. The third-order valence-electron chi connectivity index (χ3n) is 3.77. The second kappa shape index (κ2) is 4.99. The van der Waals surface area contributed by atoms with E-state index in [0.29, 0.717) is 16.6 Å². The second-order valence-corrected chi connectivity index (χ2v) is 6.10. The number of anilines is 1. The van der Waals surface area contributed by atoms with Crippen molar-refractivity contribution in [1.29, 1.82) is 0 Å². The first-order valence-corrected chi connectivity index (χ1v) is 6.81. The van der Waals surface area contributed by atoms with E-state index in [1.807, 2.05) is 13.8 Å². The number of nitrogens with zero attached hydrogens (tertiary/aromatic N) is 2. The van der Waals surface area contributed by atoms with Crippen molar-refractivity contribution in [2.75, 3.05) is 5.32 Å². The molecule has 0 aliphatic heterocycles. The zero-order valence-corrected chi connectivity index (χ0v) is 12.4. The lowest BCUT2D eigenvalue weighted by Gasteiger charge is -2.49. The summed E-state index contributed by atoms with van der Waals surface area (Å²) in [6.07, 6.45) is 7.08. The maximum Gasteiger partial charge on any atom is 0.284 e. The zero-order chi connectivity index (χ0) is 14.2. The fraction of sp³-hybridized carbons (Fsp3) is 0.538. The lowest BCUT2D eigenvalue weighted by Crippen LogP contribution is -2.57. The Morgan fingerprint density at radius 2 is 2.42 bits per heavy atom. The van der Waals surface area contributed by atoms with Crippen LogP contribution in [0.15, 0.2) is 15.5 Å². The minimum absolute atomic E-state index is 0.114. The highest BCUT2D eigenvalue weighted by Crippen LogP contribution is 2.42. The van der Waals surface area contributed by atoms with Crippen molar-refractivity contribution in [3.8, 4) is 12.3 Å². The van der Waals surface area contributed by atoms with Crippen LogP contribution < -0.4 is 10.9 Å². The summed E-state index contributed by atoms with van der Waals surface area (Å²) in [5, 5.41) is 17.0. The van der Waals surface area contributed by atoms with Crippen molar-refractivity contribution < 1.29 is 5.11 Å². The summed E-state index contributed by atoms with van der Waals surface area (Å²) >= 11 is 3.27. The Morgan fingerprint density at radius 3 is 2.95 bits per heavy atom. The molecular weight excluding hydrogens is 310 g/mol. The summed E-state index contributed by atoms with van der Waals surface area (Å²) in [6, 6.07) is 0.114. The molecule has 2 rings (SSSR count). The van der Waals surface area contributed by atoms with Crippen LogP contribution in [0.3, 0.4) is 0 Å². The Balaban J connectivity index is 2.22. The fourth-order valence-corrected chi connectivity index (χ4v) is 2.52. The highest BCUT2D eigenvalue weighted by atomic mass is 79.9. The Kier molecular flexibility index (Phi) is 3.70. The standard InChI is InChI=1S/C13H16BrN3O2/c1-4-5-17-12(19)11(14)8(7-15-17)16-9-6-10(18)13(9,2)3/h1,7,9-10,16,18H,5-6H2,2-3H3. The predicted octanol–water partition coefficient (Wildman–Crippen LogP) is 1.21. The van der Waals surface area contributed by atoms with Crippen LogP contribution in [-0.2, 0) is 6.54 Å². The Bertz CT molecular complexity index is 589. The molecule has 0 aromatic carbocycles. The van der Waals surface area contributed by atoms with Crippen LogP contribution in [0, 0.1) is 17.8 Å². The highest BCUT2D eigenvalue weighted by Gasteiger charge is 2.47. The molecule has 102 valence electrons. The molecule has 0 saturated heterocycles. The van der Waals surface area contributed by atoms with Crippen molar-refractivity contribution >= 4 is 21.6 Å². The summed E-state index contributed by atoms with van der Waals surface area (Å²) in [6.45, 7) is 4.12. The Labute approximate surface area is 120 Å². The van der Waals surface area contributed by atoms with Crippen molar-refractivity contribution in [2.24, 2.45) is 5.41 Å². The molecule has 0 amide bonds. The van der Waals surface area contributed by atoms with Crippen molar-refractivity contribution in [2.45, 2.75) is 39.0 Å². The predicted molar refractivity (Wildman–Crippen MR) is 76.8 cm³/mol. The average Bonchev–Trinajstić information content (AvgIpc) is 2.37. The van der Waals surface area contributed by atoms with E-state index in [2.05, 4.69) is 32.3 Å². The van der Waals surface area contributed by atoms with Gasteiger partial charge in [-0.05, 0) is 22.4 Å². The van der Waals surface area contributed by atoms with Crippen LogP contribution in [-0.4, -0.2) is 27.0 Å². The van der Waals surface area contributed by atoms with Gasteiger partial charge in [-0.25, -0.2) is 4.68 Å². The third kappa shape index (κ3) is 2.40. The van der Waals surface area contributed by atoms with Crippen molar-refractivity contribution in [3.05, 3.63) is 21.0 Å². The van der Waals surface area contributed by atoms with Crippen LogP contribution in [0.25, 0.3) is 0 Å². The number of hydrogen-bond acceptors (Lipinski definition) is 4. The number of aromatic nitrogens is 2. The molecule has 6 heteroatoms. The molecule has 1 aromatic rings. The van der Waals surface area contributed by atoms with E-state index < -0.39 is 0 Å². The first-order chi connectivity index (χ1) is 8.87. The number of aliphatic hydroxyl groups is 1. The Morgan fingerprint density at radius 1 is 1.74 bits per heavy atom. The molecule has 1 saturated carbocycles. The average molecular weight is 326 g/mol. The Hall–Kier alpha value is -1.32. The van der Waals surface area contributed by atoms with E-state index >= 15 is 0 Å². The van der Waals surface area contributed by atoms with Gasteiger partial charge in [0.05, 0.1) is 18.0 Å². The van der Waals surface area contributed by atoms with Gasteiger partial charge in [0.25, 0.3) is 5.56 Å². The van der Waals surface area contributed by atoms with Crippen molar-refractivity contribution in [1.82, 2.24) is 9.78 Å². The minimum atomic E-state index is -0.321. The van der Waals surface area contributed by atoms with Crippen molar-refractivity contribution in [3.63, 3.8) is 0 Å². The number of terminal acetylenes is 1. The van der Waals surface area contributed by atoms with E-state index in [1.165, 1.54) is 4.68 Å². The van der Waals surface area contributed by atoms with Gasteiger partial charge in [0, 0.05) is 11.5 Å². The van der Waals surface area contributed by atoms with Crippen LogP contribution in [0.2, 0.25) is 0 Å². The molecule has 0 bridgehead atoms.